The minimum absolute atomic E-state index is 0.0673. The third-order valence-corrected chi connectivity index (χ3v) is 7.83. The Balaban J connectivity index is 1.49. The van der Waals surface area contributed by atoms with Crippen LogP contribution in [0.1, 0.15) is 32.8 Å². The van der Waals surface area contributed by atoms with Crippen molar-refractivity contribution < 1.29 is 18.7 Å². The third kappa shape index (κ3) is 3.27. The number of amides is 2. The molecule has 2 amide bonds. The molecule has 0 radical (unpaired) electrons. The summed E-state index contributed by atoms with van der Waals surface area (Å²) in [6.07, 6.45) is 0. The molecule has 2 aliphatic heterocycles. The van der Waals surface area contributed by atoms with E-state index in [1.807, 2.05) is 66.7 Å². The standard InChI is InChI=1S/C33H24N2O5/c1-39-23-17-15-22(16-18-23)20-35-31(37)30-28(29(36)24-11-5-8-14-27(24)40-30)33(35)25-12-6-7-13-26(25)34(32(33)38)19-21-9-3-2-4-10-21/h2-18H,19-20H2,1H3/t33-/m1/s1. The largest absolute Gasteiger partial charge is 0.497 e. The number of rotatable bonds is 5. The van der Waals surface area contributed by atoms with Crippen LogP contribution in [0.3, 0.4) is 0 Å². The molecule has 7 heteroatoms. The number of nitrogens with zero attached hydrogens (tertiary/aromatic N) is 2. The molecule has 0 unspecified atom stereocenters. The van der Waals surface area contributed by atoms with Gasteiger partial charge in [0.05, 0.1) is 30.3 Å². The highest BCUT2D eigenvalue weighted by Crippen LogP contribution is 2.53. The first kappa shape index (κ1) is 23.9. The van der Waals surface area contributed by atoms with Crippen LogP contribution < -0.4 is 15.1 Å². The normalized spacial score (nSPS) is 17.5. The number of hydrogen-bond donors (Lipinski definition) is 0. The van der Waals surface area contributed by atoms with Gasteiger partial charge in [0.2, 0.25) is 5.76 Å². The summed E-state index contributed by atoms with van der Waals surface area (Å²) in [4.78, 5) is 46.4. The van der Waals surface area contributed by atoms with Crippen molar-refractivity contribution >= 4 is 28.5 Å². The number of carbonyl (C=O) groups excluding carboxylic acids is 2. The summed E-state index contributed by atoms with van der Waals surface area (Å²) in [5.41, 5.74) is 1.27. The number of fused-ring (bicyclic) bond motifs is 5. The number of ether oxygens (including phenoxy) is 1. The van der Waals surface area contributed by atoms with Crippen molar-refractivity contribution in [1.82, 2.24) is 4.90 Å². The lowest BCUT2D eigenvalue weighted by molar-refractivity contribution is -0.126. The summed E-state index contributed by atoms with van der Waals surface area (Å²) < 4.78 is 11.4. The SMILES string of the molecule is COc1ccc(CN2C(=O)c3oc4ccccc4c(=O)c3[C@]23C(=O)N(Cc2ccccc2)c2ccccc23)cc1. The highest BCUT2D eigenvalue weighted by Gasteiger charge is 2.64. The van der Waals surface area contributed by atoms with Crippen LogP contribution in [0.5, 0.6) is 5.75 Å². The molecule has 7 nitrogen and oxygen atoms in total. The van der Waals surface area contributed by atoms with E-state index in [2.05, 4.69) is 0 Å². The molecule has 0 bridgehead atoms. The van der Waals surface area contributed by atoms with E-state index in [1.165, 1.54) is 4.90 Å². The zero-order chi connectivity index (χ0) is 27.4. The van der Waals surface area contributed by atoms with E-state index in [4.69, 9.17) is 9.15 Å². The fraction of sp³-hybridized carbons (Fsp3) is 0.121. The molecule has 1 atom stereocenters. The van der Waals surface area contributed by atoms with Crippen LogP contribution in [-0.2, 0) is 23.4 Å². The Hall–Kier alpha value is -5.17. The summed E-state index contributed by atoms with van der Waals surface area (Å²) in [5, 5.41) is 0.325. The molecule has 0 saturated heterocycles. The van der Waals surface area contributed by atoms with Crippen LogP contribution in [0.2, 0.25) is 0 Å². The first-order valence-corrected chi connectivity index (χ1v) is 13.0. The van der Waals surface area contributed by atoms with Crippen LogP contribution in [0, 0.1) is 0 Å². The van der Waals surface area contributed by atoms with Crippen LogP contribution in [0.15, 0.2) is 112 Å². The predicted molar refractivity (Wildman–Crippen MR) is 150 cm³/mol. The fourth-order valence-corrected chi connectivity index (χ4v) is 6.00. The molecule has 0 fully saturated rings. The Labute approximate surface area is 229 Å². The molecule has 0 aliphatic carbocycles. The predicted octanol–water partition coefficient (Wildman–Crippen LogP) is 5.25. The van der Waals surface area contributed by atoms with Crippen molar-refractivity contribution in [3.8, 4) is 5.75 Å². The minimum atomic E-state index is -1.68. The topological polar surface area (TPSA) is 80.1 Å². The van der Waals surface area contributed by atoms with E-state index in [1.54, 1.807) is 48.4 Å². The third-order valence-electron chi connectivity index (χ3n) is 7.83. The van der Waals surface area contributed by atoms with Crippen molar-refractivity contribution in [1.29, 1.82) is 0 Å². The number of anilines is 1. The Morgan fingerprint density at radius 2 is 1.43 bits per heavy atom. The van der Waals surface area contributed by atoms with Gasteiger partial charge in [-0.1, -0.05) is 72.8 Å². The highest BCUT2D eigenvalue weighted by atomic mass is 16.5. The Bertz CT molecular complexity index is 1860. The monoisotopic (exact) mass is 528 g/mol. The Morgan fingerprint density at radius 3 is 2.20 bits per heavy atom. The molecule has 1 aromatic heterocycles. The molecule has 2 aliphatic rings. The average Bonchev–Trinajstić information content (AvgIpc) is 3.38. The zero-order valence-electron chi connectivity index (χ0n) is 21.7. The van der Waals surface area contributed by atoms with Gasteiger partial charge in [0.25, 0.3) is 11.8 Å². The van der Waals surface area contributed by atoms with Crippen molar-refractivity contribution in [2.24, 2.45) is 0 Å². The van der Waals surface area contributed by atoms with Crippen molar-refractivity contribution in [3.63, 3.8) is 0 Å². The summed E-state index contributed by atoms with van der Waals surface area (Å²) in [6.45, 7) is 0.374. The number of hydrogen-bond acceptors (Lipinski definition) is 5. The van der Waals surface area contributed by atoms with Crippen LogP contribution in [0.25, 0.3) is 11.0 Å². The van der Waals surface area contributed by atoms with Gasteiger partial charge < -0.3 is 19.0 Å². The van der Waals surface area contributed by atoms with Gasteiger partial charge >= 0.3 is 0 Å². The van der Waals surface area contributed by atoms with E-state index in [9.17, 15) is 14.4 Å². The van der Waals surface area contributed by atoms with E-state index >= 15 is 0 Å². The highest BCUT2D eigenvalue weighted by molar-refractivity contribution is 6.17. The molecule has 3 heterocycles. The van der Waals surface area contributed by atoms with Gasteiger partial charge in [-0.25, -0.2) is 0 Å². The van der Waals surface area contributed by atoms with E-state index in [-0.39, 0.29) is 35.7 Å². The second-order valence-corrected chi connectivity index (χ2v) is 9.98. The molecular formula is C33H24N2O5. The minimum Gasteiger partial charge on any atom is -0.497 e. The van der Waals surface area contributed by atoms with Gasteiger partial charge in [-0.05, 0) is 41.5 Å². The zero-order valence-corrected chi connectivity index (χ0v) is 21.7. The van der Waals surface area contributed by atoms with Gasteiger partial charge in [-0.2, -0.15) is 0 Å². The van der Waals surface area contributed by atoms with Gasteiger partial charge in [-0.3, -0.25) is 14.4 Å². The quantitative estimate of drug-likeness (QED) is 0.311. The van der Waals surface area contributed by atoms with E-state index in [0.717, 1.165) is 11.1 Å². The summed E-state index contributed by atoms with van der Waals surface area (Å²) in [5.74, 6) is -0.282. The van der Waals surface area contributed by atoms with Crippen LogP contribution in [-0.4, -0.2) is 23.8 Å². The van der Waals surface area contributed by atoms with E-state index < -0.39 is 11.4 Å². The Morgan fingerprint density at radius 1 is 0.750 bits per heavy atom. The van der Waals surface area contributed by atoms with E-state index in [0.29, 0.717) is 28.0 Å². The maximum Gasteiger partial charge on any atom is 0.291 e. The maximum absolute atomic E-state index is 14.8. The lowest BCUT2D eigenvalue weighted by atomic mass is 9.83. The second-order valence-electron chi connectivity index (χ2n) is 9.98. The molecule has 196 valence electrons. The van der Waals surface area contributed by atoms with Crippen molar-refractivity contribution in [2.45, 2.75) is 18.6 Å². The molecule has 4 aromatic carbocycles. The Kier molecular flexibility index (Phi) is 5.35. The fourth-order valence-electron chi connectivity index (χ4n) is 6.00. The van der Waals surface area contributed by atoms with Crippen LogP contribution in [0.4, 0.5) is 5.69 Å². The van der Waals surface area contributed by atoms with Gasteiger partial charge in [-0.15, -0.1) is 0 Å². The maximum atomic E-state index is 14.8. The smallest absolute Gasteiger partial charge is 0.291 e. The first-order valence-electron chi connectivity index (χ1n) is 13.0. The van der Waals surface area contributed by atoms with Crippen LogP contribution >= 0.6 is 0 Å². The number of carbonyl (C=O) groups is 2. The average molecular weight is 529 g/mol. The molecule has 0 N–H and O–H groups in total. The second kappa shape index (κ2) is 8.95. The molecule has 1 spiro atoms. The molecule has 5 aromatic rings. The van der Waals surface area contributed by atoms with Crippen molar-refractivity contribution in [2.75, 3.05) is 12.0 Å². The number of methoxy groups -OCH3 is 1. The molecule has 7 rings (SSSR count). The van der Waals surface area contributed by atoms with Gasteiger partial charge in [0.1, 0.15) is 11.3 Å². The number of para-hydroxylation sites is 2. The van der Waals surface area contributed by atoms with Gasteiger partial charge in [0.15, 0.2) is 11.0 Å². The lowest BCUT2D eigenvalue weighted by Gasteiger charge is -2.34. The lowest BCUT2D eigenvalue weighted by Crippen LogP contribution is -2.52. The molecular weight excluding hydrogens is 504 g/mol. The molecule has 0 saturated carbocycles. The summed E-state index contributed by atoms with van der Waals surface area (Å²) in [6, 6.07) is 31.2. The summed E-state index contributed by atoms with van der Waals surface area (Å²) >= 11 is 0. The van der Waals surface area contributed by atoms with Gasteiger partial charge in [0, 0.05) is 12.1 Å². The first-order chi connectivity index (χ1) is 19.5. The van der Waals surface area contributed by atoms with Crippen molar-refractivity contribution in [3.05, 3.63) is 141 Å². The summed E-state index contributed by atoms with van der Waals surface area (Å²) in [7, 11) is 1.59. The molecule has 40 heavy (non-hydrogen) atoms. The number of benzene rings is 4.